The van der Waals surface area contributed by atoms with E-state index in [1.165, 1.54) is 0 Å². The molecule has 2 heterocycles. The molecule has 2 aliphatic heterocycles. The van der Waals surface area contributed by atoms with Gasteiger partial charge in [-0.1, -0.05) is 44.2 Å². The Balaban J connectivity index is 1.59. The van der Waals surface area contributed by atoms with E-state index in [2.05, 4.69) is 13.8 Å². The summed E-state index contributed by atoms with van der Waals surface area (Å²) in [7, 11) is 0. The van der Waals surface area contributed by atoms with E-state index >= 15 is 0 Å². The molecule has 2 saturated heterocycles. The van der Waals surface area contributed by atoms with Crippen LogP contribution in [0.5, 0.6) is 0 Å². The quantitative estimate of drug-likeness (QED) is 0.830. The topological polar surface area (TPSA) is 53.1 Å². The average molecular weight is 359 g/mol. The molecule has 142 valence electrons. The van der Waals surface area contributed by atoms with Crippen LogP contribution in [-0.2, 0) is 9.53 Å². The smallest absolute Gasteiger partial charge is 0.320 e. The zero-order valence-corrected chi connectivity index (χ0v) is 15.8. The molecule has 0 saturated carbocycles. The fourth-order valence-corrected chi connectivity index (χ4v) is 3.74. The van der Waals surface area contributed by atoms with Gasteiger partial charge in [0, 0.05) is 39.3 Å². The number of carbonyl (C=O) groups is 2. The number of urea groups is 1. The van der Waals surface area contributed by atoms with E-state index < -0.39 is 0 Å². The van der Waals surface area contributed by atoms with Gasteiger partial charge in [0.15, 0.2) is 0 Å². The summed E-state index contributed by atoms with van der Waals surface area (Å²) in [5.41, 5.74) is 1.07. The Hall–Kier alpha value is -2.08. The van der Waals surface area contributed by atoms with Crippen LogP contribution in [0.3, 0.4) is 0 Å². The van der Waals surface area contributed by atoms with Crippen LogP contribution in [0.4, 0.5) is 4.79 Å². The van der Waals surface area contributed by atoms with Gasteiger partial charge in [-0.2, -0.15) is 0 Å². The predicted octanol–water partition coefficient (Wildman–Crippen LogP) is 2.02. The number of benzene rings is 1. The summed E-state index contributed by atoms with van der Waals surface area (Å²) in [4.78, 5) is 31.3. The van der Waals surface area contributed by atoms with E-state index in [1.807, 2.05) is 45.0 Å². The number of carbonyl (C=O) groups excluding carboxylic acids is 2. The van der Waals surface area contributed by atoms with Crippen LogP contribution in [0.25, 0.3) is 0 Å². The van der Waals surface area contributed by atoms with Crippen molar-refractivity contribution in [2.45, 2.75) is 19.8 Å². The second-order valence-corrected chi connectivity index (χ2v) is 7.33. The summed E-state index contributed by atoms with van der Waals surface area (Å²) in [5, 5.41) is 0. The number of amides is 3. The lowest BCUT2D eigenvalue weighted by molar-refractivity contribution is -0.135. The van der Waals surface area contributed by atoms with Crippen LogP contribution >= 0.6 is 0 Å². The van der Waals surface area contributed by atoms with Crippen molar-refractivity contribution in [2.24, 2.45) is 5.92 Å². The van der Waals surface area contributed by atoms with Gasteiger partial charge in [0.1, 0.15) is 0 Å². The normalized spacial score (nSPS) is 19.6. The summed E-state index contributed by atoms with van der Waals surface area (Å²) in [6, 6.07) is 10.1. The van der Waals surface area contributed by atoms with E-state index in [9.17, 15) is 9.59 Å². The van der Waals surface area contributed by atoms with Gasteiger partial charge in [0.05, 0.1) is 19.1 Å². The van der Waals surface area contributed by atoms with Gasteiger partial charge in [0.25, 0.3) is 0 Å². The molecule has 6 nitrogen and oxygen atoms in total. The summed E-state index contributed by atoms with van der Waals surface area (Å²) in [6.45, 7) is 9.11. The van der Waals surface area contributed by atoms with E-state index in [0.717, 1.165) is 5.56 Å². The van der Waals surface area contributed by atoms with Gasteiger partial charge in [-0.3, -0.25) is 4.79 Å². The molecule has 6 heteroatoms. The summed E-state index contributed by atoms with van der Waals surface area (Å²) in [6.07, 6.45) is 0. The highest BCUT2D eigenvalue weighted by Gasteiger charge is 2.32. The van der Waals surface area contributed by atoms with E-state index in [0.29, 0.717) is 52.5 Å². The number of ether oxygens (including phenoxy) is 1. The molecule has 1 aromatic rings. The first-order chi connectivity index (χ1) is 12.6. The number of rotatable bonds is 3. The zero-order chi connectivity index (χ0) is 18.5. The van der Waals surface area contributed by atoms with Crippen molar-refractivity contribution in [2.75, 3.05) is 52.5 Å². The van der Waals surface area contributed by atoms with Crippen LogP contribution in [0, 0.1) is 5.92 Å². The number of hydrogen-bond donors (Lipinski definition) is 0. The maximum absolute atomic E-state index is 13.1. The van der Waals surface area contributed by atoms with Gasteiger partial charge >= 0.3 is 6.03 Å². The molecule has 0 bridgehead atoms. The Bertz CT molecular complexity index is 606. The second kappa shape index (κ2) is 8.54. The number of morpholine rings is 1. The number of piperazine rings is 1. The van der Waals surface area contributed by atoms with Crippen LogP contribution in [0.2, 0.25) is 0 Å². The highest BCUT2D eigenvalue weighted by Crippen LogP contribution is 2.27. The van der Waals surface area contributed by atoms with Gasteiger partial charge in [-0.25, -0.2) is 4.79 Å². The summed E-state index contributed by atoms with van der Waals surface area (Å²) >= 11 is 0. The van der Waals surface area contributed by atoms with Gasteiger partial charge in [0.2, 0.25) is 5.91 Å². The first kappa shape index (κ1) is 18.7. The third kappa shape index (κ3) is 4.18. The SMILES string of the molecule is CC(C)C(C(=O)N1CCN(C(=O)N2CCOCC2)CC1)c1ccccc1. The molecule has 0 aromatic heterocycles. The Morgan fingerprint density at radius 3 is 1.96 bits per heavy atom. The van der Waals surface area contributed by atoms with Gasteiger partial charge in [-0.15, -0.1) is 0 Å². The fourth-order valence-electron chi connectivity index (χ4n) is 3.74. The first-order valence-corrected chi connectivity index (χ1v) is 9.53. The molecular formula is C20H29N3O3. The minimum Gasteiger partial charge on any atom is -0.378 e. The molecule has 3 rings (SSSR count). The molecule has 2 fully saturated rings. The molecule has 0 N–H and O–H groups in total. The van der Waals surface area contributed by atoms with Crippen LogP contribution in [0.1, 0.15) is 25.3 Å². The van der Waals surface area contributed by atoms with Crippen molar-refractivity contribution in [1.82, 2.24) is 14.7 Å². The predicted molar refractivity (Wildman–Crippen MR) is 100.0 cm³/mol. The van der Waals surface area contributed by atoms with Crippen molar-refractivity contribution in [1.29, 1.82) is 0 Å². The second-order valence-electron chi connectivity index (χ2n) is 7.33. The Labute approximate surface area is 155 Å². The maximum atomic E-state index is 13.1. The monoisotopic (exact) mass is 359 g/mol. The van der Waals surface area contributed by atoms with E-state index in [-0.39, 0.29) is 23.8 Å². The number of nitrogens with zero attached hydrogens (tertiary/aromatic N) is 3. The third-order valence-electron chi connectivity index (χ3n) is 5.23. The Morgan fingerprint density at radius 2 is 1.38 bits per heavy atom. The minimum absolute atomic E-state index is 0.0730. The molecule has 1 unspecified atom stereocenters. The van der Waals surface area contributed by atoms with Crippen LogP contribution < -0.4 is 0 Å². The third-order valence-corrected chi connectivity index (χ3v) is 5.23. The molecule has 1 atom stereocenters. The maximum Gasteiger partial charge on any atom is 0.320 e. The largest absolute Gasteiger partial charge is 0.378 e. The molecule has 0 radical (unpaired) electrons. The first-order valence-electron chi connectivity index (χ1n) is 9.53. The van der Waals surface area contributed by atoms with E-state index in [4.69, 9.17) is 4.74 Å². The minimum atomic E-state index is -0.127. The summed E-state index contributed by atoms with van der Waals surface area (Å²) < 4.78 is 5.31. The Morgan fingerprint density at radius 1 is 0.846 bits per heavy atom. The molecule has 0 aliphatic carbocycles. The molecule has 26 heavy (non-hydrogen) atoms. The van der Waals surface area contributed by atoms with Crippen molar-refractivity contribution >= 4 is 11.9 Å². The lowest BCUT2D eigenvalue weighted by Gasteiger charge is -2.39. The molecular weight excluding hydrogens is 330 g/mol. The Kier molecular flexibility index (Phi) is 6.14. The lowest BCUT2D eigenvalue weighted by Crippen LogP contribution is -2.56. The van der Waals surface area contributed by atoms with Gasteiger partial charge < -0.3 is 19.4 Å². The standard InChI is InChI=1S/C20H29N3O3/c1-16(2)18(17-6-4-3-5-7-17)19(24)21-8-10-22(11-9-21)20(25)23-12-14-26-15-13-23/h3-7,16,18H,8-15H2,1-2H3. The zero-order valence-electron chi connectivity index (χ0n) is 15.8. The van der Waals surface area contributed by atoms with E-state index in [1.54, 1.807) is 0 Å². The number of hydrogen-bond acceptors (Lipinski definition) is 3. The highest BCUT2D eigenvalue weighted by atomic mass is 16.5. The van der Waals surface area contributed by atoms with Crippen molar-refractivity contribution in [3.05, 3.63) is 35.9 Å². The molecule has 0 spiro atoms. The lowest BCUT2D eigenvalue weighted by atomic mass is 9.87. The highest BCUT2D eigenvalue weighted by molar-refractivity contribution is 5.84. The van der Waals surface area contributed by atoms with Crippen LogP contribution in [0.15, 0.2) is 30.3 Å². The summed E-state index contributed by atoms with van der Waals surface area (Å²) in [5.74, 6) is 0.278. The van der Waals surface area contributed by atoms with Crippen molar-refractivity contribution < 1.29 is 14.3 Å². The molecule has 3 amide bonds. The van der Waals surface area contributed by atoms with Crippen molar-refractivity contribution in [3.8, 4) is 0 Å². The average Bonchev–Trinajstić information content (AvgIpc) is 2.69. The van der Waals surface area contributed by atoms with Crippen molar-refractivity contribution in [3.63, 3.8) is 0 Å². The van der Waals surface area contributed by atoms with Gasteiger partial charge in [-0.05, 0) is 11.5 Å². The van der Waals surface area contributed by atoms with Crippen LogP contribution in [-0.4, -0.2) is 79.1 Å². The molecule has 1 aromatic carbocycles. The fraction of sp³-hybridized carbons (Fsp3) is 0.600. The molecule has 2 aliphatic rings.